The second-order valence-electron chi connectivity index (χ2n) is 4.26. The summed E-state index contributed by atoms with van der Waals surface area (Å²) >= 11 is 1.45. The fraction of sp³-hybridized carbons (Fsp3) is 0.0667. The first-order chi connectivity index (χ1) is 9.70. The van der Waals surface area contributed by atoms with Crippen molar-refractivity contribution in [2.45, 2.75) is 17.0 Å². The zero-order chi connectivity index (χ0) is 13.9. The van der Waals surface area contributed by atoms with Crippen molar-refractivity contribution in [3.05, 3.63) is 48.5 Å². The number of benzene rings is 2. The summed E-state index contributed by atoms with van der Waals surface area (Å²) in [5.41, 5.74) is 2.41. The molecular formula is C15H12N2O2S. The summed E-state index contributed by atoms with van der Waals surface area (Å²) in [4.78, 5) is 16.4. The molecule has 3 aromatic rings. The van der Waals surface area contributed by atoms with Crippen molar-refractivity contribution in [1.82, 2.24) is 4.98 Å². The molecule has 20 heavy (non-hydrogen) atoms. The molecule has 3 rings (SSSR count). The van der Waals surface area contributed by atoms with Gasteiger partial charge in [0.05, 0.1) is 0 Å². The average Bonchev–Trinajstić information content (AvgIpc) is 2.82. The Balaban J connectivity index is 1.78. The molecule has 4 nitrogen and oxygen atoms in total. The van der Waals surface area contributed by atoms with Crippen molar-refractivity contribution in [3.63, 3.8) is 0 Å². The van der Waals surface area contributed by atoms with Crippen molar-refractivity contribution in [3.8, 4) is 0 Å². The molecule has 0 radical (unpaired) electrons. The molecule has 0 saturated heterocycles. The highest BCUT2D eigenvalue weighted by atomic mass is 32.2. The molecule has 0 atom stereocenters. The molecule has 1 N–H and O–H groups in total. The molecule has 0 saturated carbocycles. The minimum Gasteiger partial charge on any atom is -0.431 e. The normalized spacial score (nSPS) is 10.7. The van der Waals surface area contributed by atoms with Gasteiger partial charge in [-0.05, 0) is 48.2 Å². The average molecular weight is 284 g/mol. The number of hydrogen-bond donors (Lipinski definition) is 1. The number of aromatic nitrogens is 1. The summed E-state index contributed by atoms with van der Waals surface area (Å²) in [6.45, 7) is 1.49. The van der Waals surface area contributed by atoms with Crippen LogP contribution in [0.4, 0.5) is 5.69 Å². The second-order valence-corrected chi connectivity index (χ2v) is 5.28. The molecule has 5 heteroatoms. The molecule has 0 fully saturated rings. The van der Waals surface area contributed by atoms with E-state index in [1.807, 2.05) is 48.5 Å². The molecule has 0 unspecified atom stereocenters. The number of carbonyl (C=O) groups is 1. The van der Waals surface area contributed by atoms with E-state index in [2.05, 4.69) is 10.3 Å². The van der Waals surface area contributed by atoms with E-state index in [1.54, 1.807) is 0 Å². The van der Waals surface area contributed by atoms with Gasteiger partial charge < -0.3 is 9.73 Å². The van der Waals surface area contributed by atoms with Crippen molar-refractivity contribution in [1.29, 1.82) is 0 Å². The Morgan fingerprint density at radius 2 is 1.90 bits per heavy atom. The predicted octanol–water partition coefficient (Wildman–Crippen LogP) is 3.94. The van der Waals surface area contributed by atoms with Gasteiger partial charge in [0.1, 0.15) is 5.52 Å². The smallest absolute Gasteiger partial charge is 0.261 e. The highest BCUT2D eigenvalue weighted by molar-refractivity contribution is 7.99. The SMILES string of the molecule is CC(=O)Nc1ccc(Sc2nc3ccccc3o2)cc1. The monoisotopic (exact) mass is 284 g/mol. The molecule has 100 valence electrons. The van der Waals surface area contributed by atoms with Gasteiger partial charge in [0.25, 0.3) is 5.22 Å². The Morgan fingerprint density at radius 3 is 2.60 bits per heavy atom. The van der Waals surface area contributed by atoms with Crippen molar-refractivity contribution in [2.24, 2.45) is 0 Å². The van der Waals surface area contributed by atoms with Crippen molar-refractivity contribution >= 4 is 34.5 Å². The summed E-state index contributed by atoms with van der Waals surface area (Å²) in [5, 5.41) is 3.34. The van der Waals surface area contributed by atoms with Gasteiger partial charge in [0.15, 0.2) is 5.58 Å². The van der Waals surface area contributed by atoms with Crippen LogP contribution in [0.1, 0.15) is 6.92 Å². The minimum absolute atomic E-state index is 0.0793. The van der Waals surface area contributed by atoms with E-state index < -0.39 is 0 Å². The fourth-order valence-electron chi connectivity index (χ4n) is 1.81. The molecule has 0 aliphatic heterocycles. The lowest BCUT2D eigenvalue weighted by Gasteiger charge is -2.02. The summed E-state index contributed by atoms with van der Waals surface area (Å²) < 4.78 is 5.65. The van der Waals surface area contributed by atoms with E-state index in [1.165, 1.54) is 18.7 Å². The standard InChI is InChI=1S/C15H12N2O2S/c1-10(18)16-11-6-8-12(9-7-11)20-15-17-13-4-2-3-5-14(13)19-15/h2-9H,1H3,(H,16,18). The van der Waals surface area contributed by atoms with E-state index in [0.717, 1.165) is 21.7 Å². The number of anilines is 1. The molecule has 2 aromatic carbocycles. The van der Waals surface area contributed by atoms with Crippen LogP contribution in [0, 0.1) is 0 Å². The summed E-state index contributed by atoms with van der Waals surface area (Å²) in [6, 6.07) is 15.2. The van der Waals surface area contributed by atoms with E-state index in [0.29, 0.717) is 5.22 Å². The number of nitrogens with zero attached hydrogens (tertiary/aromatic N) is 1. The Hall–Kier alpha value is -2.27. The lowest BCUT2D eigenvalue weighted by atomic mass is 10.3. The number of para-hydroxylation sites is 2. The maximum Gasteiger partial charge on any atom is 0.261 e. The van der Waals surface area contributed by atoms with Crippen LogP contribution in [0.3, 0.4) is 0 Å². The van der Waals surface area contributed by atoms with Gasteiger partial charge in [-0.1, -0.05) is 12.1 Å². The first-order valence-electron chi connectivity index (χ1n) is 6.12. The lowest BCUT2D eigenvalue weighted by molar-refractivity contribution is -0.114. The van der Waals surface area contributed by atoms with Gasteiger partial charge in [0, 0.05) is 17.5 Å². The zero-order valence-electron chi connectivity index (χ0n) is 10.8. The van der Waals surface area contributed by atoms with Crippen LogP contribution >= 0.6 is 11.8 Å². The zero-order valence-corrected chi connectivity index (χ0v) is 11.6. The van der Waals surface area contributed by atoms with Crippen LogP contribution in [0.5, 0.6) is 0 Å². The van der Waals surface area contributed by atoms with Crippen molar-refractivity contribution in [2.75, 3.05) is 5.32 Å². The maximum absolute atomic E-state index is 10.9. The first-order valence-corrected chi connectivity index (χ1v) is 6.93. The van der Waals surface area contributed by atoms with Crippen LogP contribution < -0.4 is 5.32 Å². The molecule has 1 aromatic heterocycles. The van der Waals surface area contributed by atoms with Crippen LogP contribution in [0.15, 0.2) is 63.1 Å². The fourth-order valence-corrected chi connectivity index (χ4v) is 2.55. The number of carbonyl (C=O) groups excluding carboxylic acids is 1. The van der Waals surface area contributed by atoms with Gasteiger partial charge in [-0.15, -0.1) is 0 Å². The second kappa shape index (κ2) is 5.38. The minimum atomic E-state index is -0.0793. The number of hydrogen-bond acceptors (Lipinski definition) is 4. The summed E-state index contributed by atoms with van der Waals surface area (Å²) in [5.74, 6) is -0.0793. The van der Waals surface area contributed by atoms with Gasteiger partial charge in [-0.2, -0.15) is 0 Å². The van der Waals surface area contributed by atoms with Gasteiger partial charge in [0.2, 0.25) is 5.91 Å². The van der Waals surface area contributed by atoms with Gasteiger partial charge >= 0.3 is 0 Å². The van der Waals surface area contributed by atoms with Crippen LogP contribution in [0.2, 0.25) is 0 Å². The van der Waals surface area contributed by atoms with Gasteiger partial charge in [-0.3, -0.25) is 4.79 Å². The van der Waals surface area contributed by atoms with Crippen LogP contribution in [-0.4, -0.2) is 10.9 Å². The number of nitrogens with one attached hydrogen (secondary N) is 1. The third-order valence-electron chi connectivity index (χ3n) is 2.65. The molecule has 1 heterocycles. The molecule has 0 aliphatic carbocycles. The molecule has 1 amide bonds. The Labute approximate surface area is 120 Å². The first kappa shape index (κ1) is 12.7. The Bertz CT molecular complexity index is 717. The highest BCUT2D eigenvalue weighted by Gasteiger charge is 2.07. The van der Waals surface area contributed by atoms with E-state index >= 15 is 0 Å². The number of fused-ring (bicyclic) bond motifs is 1. The number of oxazole rings is 1. The van der Waals surface area contributed by atoms with Gasteiger partial charge in [-0.25, -0.2) is 4.98 Å². The van der Waals surface area contributed by atoms with E-state index in [-0.39, 0.29) is 5.91 Å². The molecule has 0 aliphatic rings. The summed E-state index contributed by atoms with van der Waals surface area (Å²) in [6.07, 6.45) is 0. The third-order valence-corrected chi connectivity index (χ3v) is 3.51. The van der Waals surface area contributed by atoms with Crippen LogP contribution in [-0.2, 0) is 4.79 Å². The quantitative estimate of drug-likeness (QED) is 0.791. The topological polar surface area (TPSA) is 55.1 Å². The Kier molecular flexibility index (Phi) is 3.43. The Morgan fingerprint density at radius 1 is 1.15 bits per heavy atom. The molecule has 0 spiro atoms. The largest absolute Gasteiger partial charge is 0.431 e. The number of rotatable bonds is 3. The van der Waals surface area contributed by atoms with Crippen LogP contribution in [0.25, 0.3) is 11.1 Å². The molecular weight excluding hydrogens is 272 g/mol. The summed E-state index contributed by atoms with van der Waals surface area (Å²) in [7, 11) is 0. The predicted molar refractivity (Wildman–Crippen MR) is 78.9 cm³/mol. The maximum atomic E-state index is 10.9. The third kappa shape index (κ3) is 2.83. The van der Waals surface area contributed by atoms with Crippen molar-refractivity contribution < 1.29 is 9.21 Å². The lowest BCUT2D eigenvalue weighted by Crippen LogP contribution is -2.05. The highest BCUT2D eigenvalue weighted by Crippen LogP contribution is 2.30. The number of amides is 1. The van der Waals surface area contributed by atoms with E-state index in [9.17, 15) is 4.79 Å². The molecule has 0 bridgehead atoms. The van der Waals surface area contributed by atoms with E-state index in [4.69, 9.17) is 4.42 Å².